The van der Waals surface area contributed by atoms with Crippen molar-refractivity contribution in [3.8, 4) is 0 Å². The van der Waals surface area contributed by atoms with Crippen LogP contribution < -0.4 is 5.73 Å². The Morgan fingerprint density at radius 2 is 2.05 bits per heavy atom. The van der Waals surface area contributed by atoms with E-state index in [1.165, 1.54) is 10.9 Å². The largest absolute Gasteiger partial charge is 0.319 e. The molecule has 0 radical (unpaired) electrons. The first-order valence-corrected chi connectivity index (χ1v) is 6.25. The molecule has 0 saturated carbocycles. The number of fused-ring (bicyclic) bond motifs is 1. The van der Waals surface area contributed by atoms with E-state index in [0.717, 1.165) is 16.8 Å². The fourth-order valence-electron chi connectivity index (χ4n) is 2.31. The molecule has 1 atom stereocenters. The van der Waals surface area contributed by atoms with Gasteiger partial charge in [0, 0.05) is 24.2 Å². The maximum atomic E-state index is 6.27. The predicted octanol–water partition coefficient (Wildman–Crippen LogP) is 2.32. The van der Waals surface area contributed by atoms with Crippen LogP contribution in [0.5, 0.6) is 0 Å². The number of hydrogen-bond donors (Lipinski definition) is 1. The van der Waals surface area contributed by atoms with E-state index in [1.54, 1.807) is 10.9 Å². The summed E-state index contributed by atoms with van der Waals surface area (Å²) in [5.74, 6) is 0. The molecule has 1 aromatic carbocycles. The Balaban J connectivity index is 2.10. The molecule has 96 valence electrons. The Labute approximate surface area is 111 Å². The fraction of sp³-hybridized carbons (Fsp3) is 0.200. The SMILES string of the molecule is Cc1cc(C(N)c2cnn(C)c2)nc2ccccc12. The number of aryl methyl sites for hydroxylation is 2. The van der Waals surface area contributed by atoms with Gasteiger partial charge in [0.1, 0.15) is 0 Å². The van der Waals surface area contributed by atoms with Crippen molar-refractivity contribution in [1.82, 2.24) is 14.8 Å². The molecule has 19 heavy (non-hydrogen) atoms. The van der Waals surface area contributed by atoms with Gasteiger partial charge in [-0.25, -0.2) is 0 Å². The van der Waals surface area contributed by atoms with Crippen LogP contribution in [0.4, 0.5) is 0 Å². The molecule has 0 saturated heterocycles. The molecule has 0 spiro atoms. The lowest BCUT2D eigenvalue weighted by molar-refractivity contribution is 0.764. The highest BCUT2D eigenvalue weighted by atomic mass is 15.2. The first-order valence-electron chi connectivity index (χ1n) is 6.25. The maximum absolute atomic E-state index is 6.27. The van der Waals surface area contributed by atoms with Gasteiger partial charge in [-0.1, -0.05) is 18.2 Å². The van der Waals surface area contributed by atoms with Gasteiger partial charge in [-0.3, -0.25) is 9.67 Å². The van der Waals surface area contributed by atoms with E-state index in [-0.39, 0.29) is 6.04 Å². The Hall–Kier alpha value is -2.20. The number of benzene rings is 1. The standard InChI is InChI=1S/C15H16N4/c1-10-7-14(15(16)11-8-17-19(2)9-11)18-13-6-4-3-5-12(10)13/h3-9,15H,16H2,1-2H3. The monoisotopic (exact) mass is 252 g/mol. The van der Waals surface area contributed by atoms with Crippen molar-refractivity contribution in [2.75, 3.05) is 0 Å². The highest BCUT2D eigenvalue weighted by molar-refractivity contribution is 5.82. The van der Waals surface area contributed by atoms with Gasteiger partial charge in [0.2, 0.25) is 0 Å². The Kier molecular flexibility index (Phi) is 2.80. The zero-order valence-electron chi connectivity index (χ0n) is 11.0. The third-order valence-corrected chi connectivity index (χ3v) is 3.35. The Morgan fingerprint density at radius 3 is 2.79 bits per heavy atom. The van der Waals surface area contributed by atoms with Crippen LogP contribution in [0.3, 0.4) is 0 Å². The van der Waals surface area contributed by atoms with Gasteiger partial charge in [-0.15, -0.1) is 0 Å². The summed E-state index contributed by atoms with van der Waals surface area (Å²) in [4.78, 5) is 4.66. The van der Waals surface area contributed by atoms with Crippen LogP contribution in [-0.4, -0.2) is 14.8 Å². The molecule has 3 aromatic rings. The van der Waals surface area contributed by atoms with Crippen LogP contribution in [0.1, 0.15) is 22.9 Å². The molecular formula is C15H16N4. The van der Waals surface area contributed by atoms with Gasteiger partial charge in [-0.05, 0) is 24.6 Å². The van der Waals surface area contributed by atoms with E-state index in [9.17, 15) is 0 Å². The molecule has 0 amide bonds. The molecule has 2 heterocycles. The van der Waals surface area contributed by atoms with Crippen LogP contribution in [0.25, 0.3) is 10.9 Å². The lowest BCUT2D eigenvalue weighted by Crippen LogP contribution is -2.13. The predicted molar refractivity (Wildman–Crippen MR) is 75.7 cm³/mol. The lowest BCUT2D eigenvalue weighted by Gasteiger charge is -2.11. The van der Waals surface area contributed by atoms with E-state index < -0.39 is 0 Å². The van der Waals surface area contributed by atoms with Crippen molar-refractivity contribution in [3.63, 3.8) is 0 Å². The minimum absolute atomic E-state index is 0.239. The van der Waals surface area contributed by atoms with Gasteiger partial charge in [0.15, 0.2) is 0 Å². The molecule has 0 aliphatic carbocycles. The quantitative estimate of drug-likeness (QED) is 0.761. The average molecular weight is 252 g/mol. The van der Waals surface area contributed by atoms with E-state index in [4.69, 9.17) is 5.73 Å². The molecule has 0 aliphatic heterocycles. The zero-order chi connectivity index (χ0) is 13.4. The molecule has 2 aromatic heterocycles. The Morgan fingerprint density at radius 1 is 1.26 bits per heavy atom. The van der Waals surface area contributed by atoms with Crippen LogP contribution in [0, 0.1) is 6.92 Å². The summed E-state index contributed by atoms with van der Waals surface area (Å²) in [7, 11) is 1.88. The minimum Gasteiger partial charge on any atom is -0.319 e. The fourth-order valence-corrected chi connectivity index (χ4v) is 2.31. The van der Waals surface area contributed by atoms with Gasteiger partial charge in [-0.2, -0.15) is 5.10 Å². The van der Waals surface area contributed by atoms with E-state index in [1.807, 2.05) is 31.4 Å². The number of pyridine rings is 1. The summed E-state index contributed by atoms with van der Waals surface area (Å²) in [5, 5.41) is 5.33. The van der Waals surface area contributed by atoms with Crippen molar-refractivity contribution >= 4 is 10.9 Å². The number of para-hydroxylation sites is 1. The first-order chi connectivity index (χ1) is 9.15. The second-order valence-electron chi connectivity index (χ2n) is 4.81. The maximum Gasteiger partial charge on any atom is 0.0757 e. The number of hydrogen-bond acceptors (Lipinski definition) is 3. The number of aromatic nitrogens is 3. The van der Waals surface area contributed by atoms with Gasteiger partial charge in [0.05, 0.1) is 23.4 Å². The van der Waals surface area contributed by atoms with Crippen LogP contribution in [0.15, 0.2) is 42.7 Å². The average Bonchev–Trinajstić information content (AvgIpc) is 2.84. The second kappa shape index (κ2) is 4.48. The summed E-state index contributed by atoms with van der Waals surface area (Å²) < 4.78 is 1.75. The van der Waals surface area contributed by atoms with Crippen molar-refractivity contribution in [1.29, 1.82) is 0 Å². The van der Waals surface area contributed by atoms with Gasteiger partial charge >= 0.3 is 0 Å². The summed E-state index contributed by atoms with van der Waals surface area (Å²) in [6.45, 7) is 2.09. The topological polar surface area (TPSA) is 56.7 Å². The molecule has 1 unspecified atom stereocenters. The molecule has 3 rings (SSSR count). The summed E-state index contributed by atoms with van der Waals surface area (Å²) in [6.07, 6.45) is 3.72. The van der Waals surface area contributed by atoms with Gasteiger partial charge in [0.25, 0.3) is 0 Å². The smallest absolute Gasteiger partial charge is 0.0757 e. The third-order valence-electron chi connectivity index (χ3n) is 3.35. The molecule has 4 nitrogen and oxygen atoms in total. The highest BCUT2D eigenvalue weighted by Gasteiger charge is 2.13. The van der Waals surface area contributed by atoms with E-state index in [0.29, 0.717) is 0 Å². The molecule has 0 fully saturated rings. The molecule has 0 aliphatic rings. The number of rotatable bonds is 2. The number of nitrogens with two attached hydrogens (primary N) is 1. The zero-order valence-corrected chi connectivity index (χ0v) is 11.0. The van der Waals surface area contributed by atoms with Gasteiger partial charge < -0.3 is 5.73 Å². The molecule has 0 bridgehead atoms. The van der Waals surface area contributed by atoms with Crippen molar-refractivity contribution in [2.24, 2.45) is 12.8 Å². The van der Waals surface area contributed by atoms with Crippen molar-refractivity contribution in [3.05, 3.63) is 59.5 Å². The normalized spacial score (nSPS) is 12.8. The minimum atomic E-state index is -0.239. The summed E-state index contributed by atoms with van der Waals surface area (Å²) >= 11 is 0. The van der Waals surface area contributed by atoms with Crippen LogP contribution in [0.2, 0.25) is 0 Å². The summed E-state index contributed by atoms with van der Waals surface area (Å²) in [5.41, 5.74) is 10.3. The molecular weight excluding hydrogens is 236 g/mol. The van der Waals surface area contributed by atoms with E-state index in [2.05, 4.69) is 29.1 Å². The molecule has 2 N–H and O–H groups in total. The number of nitrogens with zero attached hydrogens (tertiary/aromatic N) is 3. The van der Waals surface area contributed by atoms with Crippen molar-refractivity contribution < 1.29 is 0 Å². The van der Waals surface area contributed by atoms with Crippen molar-refractivity contribution in [2.45, 2.75) is 13.0 Å². The van der Waals surface area contributed by atoms with Crippen LogP contribution in [-0.2, 0) is 7.05 Å². The molecule has 4 heteroatoms. The van der Waals surface area contributed by atoms with E-state index >= 15 is 0 Å². The Bertz CT molecular complexity index is 730. The third kappa shape index (κ3) is 2.11. The highest BCUT2D eigenvalue weighted by Crippen LogP contribution is 2.23. The lowest BCUT2D eigenvalue weighted by atomic mass is 10.0. The summed E-state index contributed by atoms with van der Waals surface area (Å²) in [6, 6.07) is 9.93. The van der Waals surface area contributed by atoms with Crippen LogP contribution >= 0.6 is 0 Å². The first kappa shape index (κ1) is 11.9. The second-order valence-corrected chi connectivity index (χ2v) is 4.81.